The Balaban J connectivity index is 2.06. The Labute approximate surface area is 138 Å². The fourth-order valence-electron chi connectivity index (χ4n) is 2.28. The van der Waals surface area contributed by atoms with Crippen LogP contribution in [0.15, 0.2) is 12.1 Å². The molecule has 0 radical (unpaired) electrons. The van der Waals surface area contributed by atoms with E-state index in [1.807, 2.05) is 13.0 Å². The molecule has 1 heterocycles. The highest BCUT2D eigenvalue weighted by atomic mass is 32.1. The molecule has 114 valence electrons. The summed E-state index contributed by atoms with van der Waals surface area (Å²) in [5.74, 6) is 5.80. The van der Waals surface area contributed by atoms with Crippen molar-refractivity contribution in [1.82, 2.24) is 4.98 Å². The number of nitrogens with zero attached hydrogens (tertiary/aromatic N) is 2. The Kier molecular flexibility index (Phi) is 3.90. The van der Waals surface area contributed by atoms with Crippen molar-refractivity contribution in [3.8, 4) is 28.5 Å². The maximum atomic E-state index is 11.2. The predicted molar refractivity (Wildman–Crippen MR) is 88.3 cm³/mol. The molecule has 0 spiro atoms. The van der Waals surface area contributed by atoms with Crippen molar-refractivity contribution in [3.63, 3.8) is 0 Å². The van der Waals surface area contributed by atoms with Crippen molar-refractivity contribution >= 4 is 17.3 Å². The Bertz CT molecular complexity index is 906. The smallest absolute Gasteiger partial charge is 0.347 e. The van der Waals surface area contributed by atoms with Gasteiger partial charge in [-0.25, -0.2) is 9.78 Å². The van der Waals surface area contributed by atoms with Crippen molar-refractivity contribution in [2.45, 2.75) is 26.7 Å². The summed E-state index contributed by atoms with van der Waals surface area (Å²) in [4.78, 5) is 15.7. The molecule has 1 aliphatic rings. The maximum Gasteiger partial charge on any atom is 0.347 e. The van der Waals surface area contributed by atoms with E-state index in [1.54, 1.807) is 13.0 Å². The summed E-state index contributed by atoms with van der Waals surface area (Å²) in [6, 6.07) is 5.86. The molecule has 3 rings (SSSR count). The van der Waals surface area contributed by atoms with E-state index in [1.165, 1.54) is 0 Å². The number of thiazole rings is 1. The number of carboxylic acids is 1. The van der Waals surface area contributed by atoms with Crippen molar-refractivity contribution in [1.29, 1.82) is 5.26 Å². The number of aromatic carboxylic acids is 1. The molecule has 4 nitrogen and oxygen atoms in total. The lowest BCUT2D eigenvalue weighted by Crippen LogP contribution is -1.94. The fraction of sp³-hybridized carbons (Fsp3) is 0.278. The second kappa shape index (κ2) is 5.87. The number of aromatic nitrogens is 1. The zero-order valence-corrected chi connectivity index (χ0v) is 13.6. The second-order valence-corrected chi connectivity index (χ2v) is 6.61. The summed E-state index contributed by atoms with van der Waals surface area (Å²) in [6.45, 7) is 3.59. The van der Waals surface area contributed by atoms with Crippen LogP contribution in [0.4, 0.5) is 0 Å². The van der Waals surface area contributed by atoms with Crippen LogP contribution in [0, 0.1) is 42.9 Å². The van der Waals surface area contributed by atoms with Gasteiger partial charge in [0, 0.05) is 17.0 Å². The third-order valence-electron chi connectivity index (χ3n) is 3.67. The zero-order chi connectivity index (χ0) is 16.6. The Morgan fingerprint density at radius 3 is 2.70 bits per heavy atom. The highest BCUT2D eigenvalue weighted by Gasteiger charge is 2.19. The lowest BCUT2D eigenvalue weighted by Gasteiger charge is -2.05. The van der Waals surface area contributed by atoms with E-state index in [-0.39, 0.29) is 4.88 Å². The molecule has 23 heavy (non-hydrogen) atoms. The first-order chi connectivity index (χ1) is 11.0. The standard InChI is InChI=1S/C18H14N2O2S/c1-10-7-13(17-20-11(2)16(23-17)18(21)22)8-14(9-19)15(10)6-5-12-3-4-12/h7-8,12H,3-4H2,1-2H3,(H,21,22). The summed E-state index contributed by atoms with van der Waals surface area (Å²) in [5, 5.41) is 19.2. The predicted octanol–water partition coefficient (Wildman–Crippen LogP) is 3.76. The van der Waals surface area contributed by atoms with Crippen LogP contribution in [-0.4, -0.2) is 16.1 Å². The summed E-state index contributed by atoms with van der Waals surface area (Å²) in [5.41, 5.74) is 3.44. The van der Waals surface area contributed by atoms with Gasteiger partial charge >= 0.3 is 5.97 Å². The summed E-state index contributed by atoms with van der Waals surface area (Å²) >= 11 is 1.13. The first kappa shape index (κ1) is 15.3. The lowest BCUT2D eigenvalue weighted by atomic mass is 9.99. The molecular formula is C18H14N2O2S. The molecule has 1 N–H and O–H groups in total. The van der Waals surface area contributed by atoms with Crippen molar-refractivity contribution < 1.29 is 9.90 Å². The Morgan fingerprint density at radius 1 is 1.39 bits per heavy atom. The van der Waals surface area contributed by atoms with Gasteiger partial charge in [0.25, 0.3) is 0 Å². The van der Waals surface area contributed by atoms with Gasteiger partial charge in [-0.15, -0.1) is 11.3 Å². The van der Waals surface area contributed by atoms with Gasteiger partial charge in [0.05, 0.1) is 11.3 Å². The van der Waals surface area contributed by atoms with Crippen LogP contribution < -0.4 is 0 Å². The van der Waals surface area contributed by atoms with Crippen LogP contribution in [-0.2, 0) is 0 Å². The van der Waals surface area contributed by atoms with Crippen LogP contribution in [0.3, 0.4) is 0 Å². The number of benzene rings is 1. The number of nitriles is 1. The fourth-order valence-corrected chi connectivity index (χ4v) is 3.18. The molecule has 1 saturated carbocycles. The van der Waals surface area contributed by atoms with Gasteiger partial charge in [-0.1, -0.05) is 11.8 Å². The van der Waals surface area contributed by atoms with Crippen LogP contribution in [0.2, 0.25) is 0 Å². The van der Waals surface area contributed by atoms with Crippen LogP contribution in [0.25, 0.3) is 10.6 Å². The molecule has 0 bridgehead atoms. The topological polar surface area (TPSA) is 74.0 Å². The third kappa shape index (κ3) is 3.11. The summed E-state index contributed by atoms with van der Waals surface area (Å²) in [6.07, 6.45) is 2.28. The van der Waals surface area contributed by atoms with Gasteiger partial charge in [0.2, 0.25) is 0 Å². The van der Waals surface area contributed by atoms with E-state index >= 15 is 0 Å². The van der Waals surface area contributed by atoms with Crippen molar-refractivity contribution in [2.75, 3.05) is 0 Å². The minimum atomic E-state index is -0.976. The van der Waals surface area contributed by atoms with Crippen LogP contribution >= 0.6 is 11.3 Å². The molecule has 1 aromatic carbocycles. The van der Waals surface area contributed by atoms with E-state index < -0.39 is 5.97 Å². The zero-order valence-electron chi connectivity index (χ0n) is 12.8. The molecule has 2 aromatic rings. The minimum Gasteiger partial charge on any atom is -0.477 e. The lowest BCUT2D eigenvalue weighted by molar-refractivity contribution is 0.0701. The molecule has 0 saturated heterocycles. The molecule has 0 atom stereocenters. The van der Waals surface area contributed by atoms with Gasteiger partial charge in [-0.05, 0) is 44.4 Å². The number of hydrogen-bond acceptors (Lipinski definition) is 4. The maximum absolute atomic E-state index is 11.2. The molecule has 0 amide bonds. The largest absolute Gasteiger partial charge is 0.477 e. The minimum absolute atomic E-state index is 0.230. The first-order valence-electron chi connectivity index (χ1n) is 7.27. The average molecular weight is 322 g/mol. The number of hydrogen-bond donors (Lipinski definition) is 1. The molecular weight excluding hydrogens is 308 g/mol. The second-order valence-electron chi connectivity index (χ2n) is 5.61. The van der Waals surface area contributed by atoms with E-state index in [9.17, 15) is 10.1 Å². The number of carbonyl (C=O) groups is 1. The number of carboxylic acid groups (broad SMARTS) is 1. The Morgan fingerprint density at radius 2 is 2.13 bits per heavy atom. The normalized spacial score (nSPS) is 13.1. The number of rotatable bonds is 2. The summed E-state index contributed by atoms with van der Waals surface area (Å²) in [7, 11) is 0. The van der Waals surface area contributed by atoms with Gasteiger partial charge < -0.3 is 5.11 Å². The Hall–Kier alpha value is -2.63. The third-order valence-corrected chi connectivity index (χ3v) is 4.87. The van der Waals surface area contributed by atoms with Crippen molar-refractivity contribution in [2.24, 2.45) is 5.92 Å². The molecule has 1 aromatic heterocycles. The highest BCUT2D eigenvalue weighted by molar-refractivity contribution is 7.17. The van der Waals surface area contributed by atoms with Crippen molar-refractivity contribution in [3.05, 3.63) is 39.4 Å². The first-order valence-corrected chi connectivity index (χ1v) is 8.08. The van der Waals surface area contributed by atoms with E-state index in [0.29, 0.717) is 22.2 Å². The molecule has 0 aliphatic heterocycles. The quantitative estimate of drug-likeness (QED) is 0.854. The van der Waals surface area contributed by atoms with Gasteiger partial charge in [-0.3, -0.25) is 0 Å². The molecule has 1 aliphatic carbocycles. The molecule has 5 heteroatoms. The van der Waals surface area contributed by atoms with E-state index in [4.69, 9.17) is 5.11 Å². The molecule has 0 unspecified atom stereocenters. The summed E-state index contributed by atoms with van der Waals surface area (Å²) < 4.78 is 0. The van der Waals surface area contributed by atoms with E-state index in [2.05, 4.69) is 22.9 Å². The molecule has 1 fully saturated rings. The van der Waals surface area contributed by atoms with Gasteiger partial charge in [-0.2, -0.15) is 5.26 Å². The van der Waals surface area contributed by atoms with E-state index in [0.717, 1.165) is 40.9 Å². The van der Waals surface area contributed by atoms with Crippen LogP contribution in [0.1, 0.15) is 44.9 Å². The number of aryl methyl sites for hydroxylation is 2. The SMILES string of the molecule is Cc1cc(-c2nc(C)c(C(=O)O)s2)cc(C#N)c1C#CC1CC1. The highest BCUT2D eigenvalue weighted by Crippen LogP contribution is 2.31. The van der Waals surface area contributed by atoms with Gasteiger partial charge in [0.1, 0.15) is 16.0 Å². The monoisotopic (exact) mass is 322 g/mol. The van der Waals surface area contributed by atoms with Gasteiger partial charge in [0.15, 0.2) is 0 Å². The van der Waals surface area contributed by atoms with Crippen LogP contribution in [0.5, 0.6) is 0 Å². The average Bonchev–Trinajstić information content (AvgIpc) is 3.25.